The molecular weight excluding hydrogens is 381 g/mol. The van der Waals surface area contributed by atoms with Crippen LogP contribution in [0, 0.1) is 5.82 Å². The van der Waals surface area contributed by atoms with Crippen LogP contribution < -0.4 is 10.6 Å². The third kappa shape index (κ3) is 5.45. The van der Waals surface area contributed by atoms with Crippen molar-refractivity contribution < 1.29 is 14.0 Å². The minimum absolute atomic E-state index is 0.00271. The summed E-state index contributed by atoms with van der Waals surface area (Å²) in [5.41, 5.74) is 1.68. The minimum atomic E-state index is -0.512. The van der Waals surface area contributed by atoms with Crippen LogP contribution in [0.2, 0.25) is 5.02 Å². The zero-order valence-electron chi connectivity index (χ0n) is 15.5. The van der Waals surface area contributed by atoms with E-state index in [9.17, 15) is 14.0 Å². The van der Waals surface area contributed by atoms with Crippen molar-refractivity contribution in [2.75, 3.05) is 30.3 Å². The van der Waals surface area contributed by atoms with E-state index in [1.54, 1.807) is 24.3 Å². The molecule has 0 radical (unpaired) electrons. The monoisotopic (exact) mass is 403 g/mol. The molecule has 0 aromatic heterocycles. The molecule has 5 nitrogen and oxygen atoms in total. The molecule has 0 unspecified atom stereocenters. The number of rotatable bonds is 5. The molecule has 2 aromatic carbocycles. The fourth-order valence-corrected chi connectivity index (χ4v) is 3.36. The van der Waals surface area contributed by atoms with Gasteiger partial charge in [0.1, 0.15) is 5.82 Å². The van der Waals surface area contributed by atoms with Gasteiger partial charge in [-0.2, -0.15) is 0 Å². The average molecular weight is 404 g/mol. The zero-order valence-corrected chi connectivity index (χ0v) is 16.3. The third-order valence-electron chi connectivity index (χ3n) is 4.66. The Bertz CT molecular complexity index is 851. The number of likely N-dealkylation sites (tertiary alicyclic amines) is 1. The van der Waals surface area contributed by atoms with Gasteiger partial charge in [0.2, 0.25) is 5.91 Å². The van der Waals surface area contributed by atoms with E-state index in [4.69, 9.17) is 11.6 Å². The van der Waals surface area contributed by atoms with Gasteiger partial charge in [-0.1, -0.05) is 30.5 Å². The molecule has 2 N–H and O–H groups in total. The number of carbonyl (C=O) groups excluding carboxylic acids is 2. The van der Waals surface area contributed by atoms with E-state index in [2.05, 4.69) is 10.6 Å². The largest absolute Gasteiger partial charge is 0.376 e. The molecule has 1 aliphatic rings. The van der Waals surface area contributed by atoms with Gasteiger partial charge in [-0.05, 0) is 49.2 Å². The van der Waals surface area contributed by atoms with Crippen LogP contribution in [-0.4, -0.2) is 36.3 Å². The number of nitrogens with one attached hydrogen (secondary N) is 2. The number of benzene rings is 2. The summed E-state index contributed by atoms with van der Waals surface area (Å²) in [6.07, 6.45) is 4.38. The number of hydrogen-bond donors (Lipinski definition) is 2. The quantitative estimate of drug-likeness (QED) is 0.770. The molecule has 2 amide bonds. The highest BCUT2D eigenvalue weighted by molar-refractivity contribution is 6.31. The number of amides is 2. The van der Waals surface area contributed by atoms with Gasteiger partial charge in [-0.15, -0.1) is 0 Å². The van der Waals surface area contributed by atoms with Crippen molar-refractivity contribution in [1.29, 1.82) is 0 Å². The SMILES string of the molecule is O=C(CNc1ccc(F)c(Cl)c1)Nc1cccc(C(=O)N2CCCCCC2)c1. The van der Waals surface area contributed by atoms with Crippen molar-refractivity contribution in [3.8, 4) is 0 Å². The predicted octanol–water partition coefficient (Wildman–Crippen LogP) is 4.55. The van der Waals surface area contributed by atoms with E-state index < -0.39 is 5.82 Å². The molecule has 1 heterocycles. The van der Waals surface area contributed by atoms with Crippen molar-refractivity contribution >= 4 is 34.8 Å². The number of hydrogen-bond acceptors (Lipinski definition) is 3. The first kappa shape index (κ1) is 20.1. The average Bonchev–Trinajstić information content (AvgIpc) is 2.98. The Kier molecular flexibility index (Phi) is 6.87. The number of anilines is 2. The summed E-state index contributed by atoms with van der Waals surface area (Å²) in [6.45, 7) is 1.55. The molecule has 28 heavy (non-hydrogen) atoms. The lowest BCUT2D eigenvalue weighted by atomic mass is 10.1. The summed E-state index contributed by atoms with van der Waals surface area (Å²) in [5, 5.41) is 5.65. The summed E-state index contributed by atoms with van der Waals surface area (Å²) >= 11 is 5.73. The van der Waals surface area contributed by atoms with Crippen LogP contribution in [-0.2, 0) is 4.79 Å². The van der Waals surface area contributed by atoms with Crippen LogP contribution in [0.5, 0.6) is 0 Å². The standard InChI is InChI=1S/C21H23ClFN3O2/c22-18-13-16(8-9-19(18)23)24-14-20(27)25-17-7-5-6-15(12-17)21(28)26-10-3-1-2-4-11-26/h5-9,12-13,24H,1-4,10-11,14H2,(H,25,27). The molecular formula is C21H23ClFN3O2. The Morgan fingerprint density at radius 2 is 1.75 bits per heavy atom. The summed E-state index contributed by atoms with van der Waals surface area (Å²) < 4.78 is 13.2. The molecule has 7 heteroatoms. The highest BCUT2D eigenvalue weighted by atomic mass is 35.5. The Morgan fingerprint density at radius 1 is 1.00 bits per heavy atom. The molecule has 148 valence electrons. The number of carbonyl (C=O) groups is 2. The lowest BCUT2D eigenvalue weighted by Gasteiger charge is -2.20. The van der Waals surface area contributed by atoms with Crippen LogP contribution in [0.3, 0.4) is 0 Å². The lowest BCUT2D eigenvalue weighted by Crippen LogP contribution is -2.31. The van der Waals surface area contributed by atoms with E-state index in [1.807, 2.05) is 4.90 Å². The highest BCUT2D eigenvalue weighted by Gasteiger charge is 2.17. The smallest absolute Gasteiger partial charge is 0.253 e. The Labute approximate surface area is 168 Å². The summed E-state index contributed by atoms with van der Waals surface area (Å²) in [6, 6.07) is 11.1. The van der Waals surface area contributed by atoms with Crippen molar-refractivity contribution in [1.82, 2.24) is 4.90 Å². The van der Waals surface area contributed by atoms with E-state index in [-0.39, 0.29) is 23.4 Å². The molecule has 3 rings (SSSR count). The zero-order chi connectivity index (χ0) is 19.9. The van der Waals surface area contributed by atoms with Gasteiger partial charge < -0.3 is 15.5 Å². The minimum Gasteiger partial charge on any atom is -0.376 e. The van der Waals surface area contributed by atoms with Gasteiger partial charge >= 0.3 is 0 Å². The first-order valence-electron chi connectivity index (χ1n) is 9.41. The Hall–Kier alpha value is -2.60. The first-order valence-corrected chi connectivity index (χ1v) is 9.79. The maximum absolute atomic E-state index is 13.2. The van der Waals surface area contributed by atoms with Crippen LogP contribution >= 0.6 is 11.6 Å². The van der Waals surface area contributed by atoms with Gasteiger partial charge in [0.15, 0.2) is 0 Å². The molecule has 0 aliphatic carbocycles. The fraction of sp³-hybridized carbons (Fsp3) is 0.333. The first-order chi connectivity index (χ1) is 13.5. The molecule has 1 saturated heterocycles. The summed E-state index contributed by atoms with van der Waals surface area (Å²) in [4.78, 5) is 26.8. The number of halogens is 2. The maximum atomic E-state index is 13.2. The molecule has 0 saturated carbocycles. The van der Waals surface area contributed by atoms with Gasteiger partial charge in [0.25, 0.3) is 5.91 Å². The van der Waals surface area contributed by atoms with Crippen LogP contribution in [0.4, 0.5) is 15.8 Å². The van der Waals surface area contributed by atoms with Crippen molar-refractivity contribution in [2.45, 2.75) is 25.7 Å². The highest BCUT2D eigenvalue weighted by Crippen LogP contribution is 2.19. The van der Waals surface area contributed by atoms with E-state index in [0.29, 0.717) is 16.9 Å². The summed E-state index contributed by atoms with van der Waals surface area (Å²) in [5.74, 6) is -0.792. The Balaban J connectivity index is 1.58. The second-order valence-corrected chi connectivity index (χ2v) is 7.23. The molecule has 0 atom stereocenters. The van der Waals surface area contributed by atoms with E-state index in [1.165, 1.54) is 18.2 Å². The molecule has 0 spiro atoms. The molecule has 1 aliphatic heterocycles. The predicted molar refractivity (Wildman–Crippen MR) is 109 cm³/mol. The maximum Gasteiger partial charge on any atom is 0.253 e. The van der Waals surface area contributed by atoms with Gasteiger partial charge in [-0.3, -0.25) is 9.59 Å². The third-order valence-corrected chi connectivity index (χ3v) is 4.95. The lowest BCUT2D eigenvalue weighted by molar-refractivity contribution is -0.114. The normalized spacial score (nSPS) is 14.3. The molecule has 0 bridgehead atoms. The topological polar surface area (TPSA) is 61.4 Å². The van der Waals surface area contributed by atoms with Crippen molar-refractivity contribution in [2.24, 2.45) is 0 Å². The summed E-state index contributed by atoms with van der Waals surface area (Å²) in [7, 11) is 0. The van der Waals surface area contributed by atoms with E-state index in [0.717, 1.165) is 38.8 Å². The number of nitrogens with zero attached hydrogens (tertiary/aromatic N) is 1. The molecule has 1 fully saturated rings. The van der Waals surface area contributed by atoms with Crippen LogP contribution in [0.25, 0.3) is 0 Å². The van der Waals surface area contributed by atoms with Gasteiger partial charge in [0.05, 0.1) is 11.6 Å². The van der Waals surface area contributed by atoms with Crippen LogP contribution in [0.1, 0.15) is 36.0 Å². The Morgan fingerprint density at radius 3 is 2.46 bits per heavy atom. The van der Waals surface area contributed by atoms with E-state index >= 15 is 0 Å². The van der Waals surface area contributed by atoms with Crippen molar-refractivity contribution in [3.63, 3.8) is 0 Å². The fourth-order valence-electron chi connectivity index (χ4n) is 3.18. The van der Waals surface area contributed by atoms with Crippen LogP contribution in [0.15, 0.2) is 42.5 Å². The molecule has 2 aromatic rings. The van der Waals surface area contributed by atoms with Gasteiger partial charge in [0, 0.05) is 30.0 Å². The van der Waals surface area contributed by atoms with Gasteiger partial charge in [-0.25, -0.2) is 4.39 Å². The van der Waals surface area contributed by atoms with Crippen molar-refractivity contribution in [3.05, 3.63) is 58.9 Å². The second-order valence-electron chi connectivity index (χ2n) is 6.82. The second kappa shape index (κ2) is 9.55.